The summed E-state index contributed by atoms with van der Waals surface area (Å²) in [6, 6.07) is 2.06. The second-order valence-corrected chi connectivity index (χ2v) is 5.16. The van der Waals surface area contributed by atoms with Gasteiger partial charge in [0.15, 0.2) is 5.65 Å². The summed E-state index contributed by atoms with van der Waals surface area (Å²) in [4.78, 5) is 15.8. The maximum Gasteiger partial charge on any atom is 0.278 e. The molecule has 0 bridgehead atoms. The molecule has 102 valence electrons. The average Bonchev–Trinajstić information content (AvgIpc) is 3.07. The minimum absolute atomic E-state index is 0.0781. The van der Waals surface area contributed by atoms with Crippen molar-refractivity contribution in [3.8, 4) is 6.07 Å². The first-order valence-corrected chi connectivity index (χ1v) is 6.57. The Morgan fingerprint density at radius 3 is 2.90 bits per heavy atom. The minimum Gasteiger partial charge on any atom is -0.338 e. The fourth-order valence-electron chi connectivity index (χ4n) is 2.56. The molecular weight excluding hydrogens is 254 g/mol. The molecule has 0 atom stereocenters. The van der Waals surface area contributed by atoms with Gasteiger partial charge in [-0.05, 0) is 11.5 Å². The second-order valence-electron chi connectivity index (χ2n) is 5.16. The van der Waals surface area contributed by atoms with Gasteiger partial charge >= 0.3 is 0 Å². The molecule has 3 heterocycles. The largest absolute Gasteiger partial charge is 0.338 e. The molecule has 0 radical (unpaired) electrons. The highest BCUT2D eigenvalue weighted by Crippen LogP contribution is 2.23. The van der Waals surface area contributed by atoms with Gasteiger partial charge in [0, 0.05) is 18.7 Å². The molecule has 0 saturated heterocycles. The van der Waals surface area contributed by atoms with Gasteiger partial charge < -0.3 is 10.3 Å². The normalized spacial score (nSPS) is 14.8. The third-order valence-electron chi connectivity index (χ3n) is 3.53. The minimum atomic E-state index is -0.155. The lowest BCUT2D eigenvalue weighted by Gasteiger charge is -2.13. The molecule has 20 heavy (non-hydrogen) atoms. The molecule has 1 aliphatic rings. The Bertz CT molecular complexity index is 803. The predicted octanol–water partition coefficient (Wildman–Crippen LogP) is 1.00. The maximum absolute atomic E-state index is 12.6. The summed E-state index contributed by atoms with van der Waals surface area (Å²) in [5.41, 5.74) is 3.28. The van der Waals surface area contributed by atoms with Gasteiger partial charge in [-0.1, -0.05) is 19.9 Å². The van der Waals surface area contributed by atoms with Crippen LogP contribution in [0.2, 0.25) is 0 Å². The summed E-state index contributed by atoms with van der Waals surface area (Å²) in [6.45, 7) is 5.49. The van der Waals surface area contributed by atoms with Crippen molar-refractivity contribution in [3.63, 3.8) is 0 Å². The number of H-pyrrole nitrogens is 1. The highest BCUT2D eigenvalue weighted by Gasteiger charge is 2.21. The Labute approximate surface area is 115 Å². The predicted molar refractivity (Wildman–Crippen MR) is 75.5 cm³/mol. The number of nitriles is 1. The van der Waals surface area contributed by atoms with Crippen molar-refractivity contribution in [3.05, 3.63) is 39.4 Å². The quantitative estimate of drug-likeness (QED) is 0.851. The molecule has 0 unspecified atom stereocenters. The Morgan fingerprint density at radius 2 is 2.30 bits per heavy atom. The van der Waals surface area contributed by atoms with Crippen LogP contribution < -0.4 is 10.9 Å². The van der Waals surface area contributed by atoms with Crippen LogP contribution in [0.4, 0.5) is 0 Å². The zero-order valence-electron chi connectivity index (χ0n) is 11.4. The molecule has 2 aromatic heterocycles. The van der Waals surface area contributed by atoms with Crippen LogP contribution in [-0.2, 0) is 0 Å². The van der Waals surface area contributed by atoms with Crippen molar-refractivity contribution in [1.82, 2.24) is 19.9 Å². The van der Waals surface area contributed by atoms with E-state index in [1.165, 1.54) is 10.7 Å². The van der Waals surface area contributed by atoms with Gasteiger partial charge in [0.25, 0.3) is 5.56 Å². The lowest BCUT2D eigenvalue weighted by Crippen LogP contribution is -2.24. The molecule has 0 amide bonds. The number of fused-ring (bicyclic) bond motifs is 1. The number of aromatic nitrogens is 3. The lowest BCUT2D eigenvalue weighted by molar-refractivity contribution is 0.786. The van der Waals surface area contributed by atoms with Gasteiger partial charge in [-0.25, -0.2) is 0 Å². The van der Waals surface area contributed by atoms with Crippen LogP contribution in [-0.4, -0.2) is 27.7 Å². The van der Waals surface area contributed by atoms with E-state index in [9.17, 15) is 4.79 Å². The van der Waals surface area contributed by atoms with E-state index in [-0.39, 0.29) is 11.5 Å². The molecule has 0 saturated carbocycles. The number of nitrogens with zero attached hydrogens (tertiary/aromatic N) is 3. The first-order valence-electron chi connectivity index (χ1n) is 6.57. The number of hydrogen-bond acceptors (Lipinski definition) is 4. The highest BCUT2D eigenvalue weighted by atomic mass is 16.1. The van der Waals surface area contributed by atoms with E-state index >= 15 is 0 Å². The number of hydrogen-bond donors (Lipinski definition) is 2. The van der Waals surface area contributed by atoms with Crippen LogP contribution in [0.25, 0.3) is 11.2 Å². The fourth-order valence-corrected chi connectivity index (χ4v) is 2.56. The number of nitrogens with one attached hydrogen (secondary N) is 2. The van der Waals surface area contributed by atoms with Gasteiger partial charge in [-0.2, -0.15) is 14.9 Å². The summed E-state index contributed by atoms with van der Waals surface area (Å²) < 4.78 is 1.28. The Kier molecular flexibility index (Phi) is 2.92. The van der Waals surface area contributed by atoms with Crippen molar-refractivity contribution < 1.29 is 0 Å². The second kappa shape index (κ2) is 4.62. The molecule has 1 aliphatic heterocycles. The fraction of sp³-hybridized carbons (Fsp3) is 0.357. The molecule has 0 aromatic carbocycles. The van der Waals surface area contributed by atoms with Gasteiger partial charge in [0.2, 0.25) is 0 Å². The molecule has 6 nitrogen and oxygen atoms in total. The first-order chi connectivity index (χ1) is 9.63. The lowest BCUT2D eigenvalue weighted by atomic mass is 9.98. The molecule has 3 rings (SSSR count). The van der Waals surface area contributed by atoms with Crippen LogP contribution >= 0.6 is 0 Å². The van der Waals surface area contributed by atoms with Crippen molar-refractivity contribution in [1.29, 1.82) is 5.26 Å². The van der Waals surface area contributed by atoms with Crippen LogP contribution in [0.1, 0.15) is 36.6 Å². The third kappa shape index (κ3) is 1.75. The Balaban J connectivity index is 2.39. The summed E-state index contributed by atoms with van der Waals surface area (Å²) in [6.07, 6.45) is 3.48. The molecule has 2 aromatic rings. The van der Waals surface area contributed by atoms with E-state index in [0.717, 1.165) is 24.4 Å². The van der Waals surface area contributed by atoms with E-state index in [1.807, 2.05) is 13.8 Å². The standard InChI is InChI=1S/C14H15N5O/c1-8(2)11-12(9-3-4-16-6-9)18-13-10(5-15)7-17-19(13)14(11)20/h3,7-8,16,18H,4,6H2,1-2H3. The van der Waals surface area contributed by atoms with E-state index in [4.69, 9.17) is 5.26 Å². The molecular formula is C14H15N5O. The van der Waals surface area contributed by atoms with E-state index in [2.05, 4.69) is 27.5 Å². The van der Waals surface area contributed by atoms with Crippen LogP contribution in [0.15, 0.2) is 17.1 Å². The number of aromatic amines is 1. The van der Waals surface area contributed by atoms with Gasteiger partial charge in [0.1, 0.15) is 11.6 Å². The summed E-state index contributed by atoms with van der Waals surface area (Å²) in [7, 11) is 0. The van der Waals surface area contributed by atoms with Crippen molar-refractivity contribution >= 4 is 11.2 Å². The Hall–Kier alpha value is -2.39. The highest BCUT2D eigenvalue weighted by molar-refractivity contribution is 5.71. The van der Waals surface area contributed by atoms with Gasteiger partial charge in [-0.15, -0.1) is 0 Å². The van der Waals surface area contributed by atoms with Crippen LogP contribution in [0.5, 0.6) is 0 Å². The summed E-state index contributed by atoms with van der Waals surface area (Å²) in [5, 5.41) is 16.3. The van der Waals surface area contributed by atoms with E-state index < -0.39 is 0 Å². The van der Waals surface area contributed by atoms with E-state index in [0.29, 0.717) is 16.8 Å². The number of rotatable bonds is 2. The van der Waals surface area contributed by atoms with Crippen molar-refractivity contribution in [2.24, 2.45) is 0 Å². The summed E-state index contributed by atoms with van der Waals surface area (Å²) >= 11 is 0. The van der Waals surface area contributed by atoms with Gasteiger partial charge in [-0.3, -0.25) is 4.79 Å². The first kappa shape index (κ1) is 12.6. The average molecular weight is 269 g/mol. The Morgan fingerprint density at radius 1 is 1.50 bits per heavy atom. The molecule has 0 aliphatic carbocycles. The van der Waals surface area contributed by atoms with E-state index in [1.54, 1.807) is 0 Å². The molecule has 6 heteroatoms. The monoisotopic (exact) mass is 269 g/mol. The molecule has 0 fully saturated rings. The smallest absolute Gasteiger partial charge is 0.278 e. The van der Waals surface area contributed by atoms with Crippen molar-refractivity contribution in [2.45, 2.75) is 19.8 Å². The topological polar surface area (TPSA) is 86.0 Å². The van der Waals surface area contributed by atoms with Crippen LogP contribution in [0.3, 0.4) is 0 Å². The third-order valence-corrected chi connectivity index (χ3v) is 3.53. The summed E-state index contributed by atoms with van der Waals surface area (Å²) in [5.74, 6) is 0.0781. The van der Waals surface area contributed by atoms with Crippen LogP contribution in [0, 0.1) is 11.3 Å². The zero-order chi connectivity index (χ0) is 14.3. The molecule has 0 spiro atoms. The SMILES string of the molecule is CC(C)c1c(C2=CCNC2)[nH]c2c(C#N)cnn2c1=O. The van der Waals surface area contributed by atoms with Crippen molar-refractivity contribution in [2.75, 3.05) is 13.1 Å². The van der Waals surface area contributed by atoms with Gasteiger partial charge in [0.05, 0.1) is 11.9 Å². The zero-order valence-corrected chi connectivity index (χ0v) is 11.4. The molecule has 2 N–H and O–H groups in total. The maximum atomic E-state index is 12.6.